The van der Waals surface area contributed by atoms with Crippen molar-refractivity contribution in [2.45, 2.75) is 38.6 Å². The number of nitrogens with zero attached hydrogens (tertiary/aromatic N) is 3. The summed E-state index contributed by atoms with van der Waals surface area (Å²) >= 11 is 0. The molecule has 0 saturated carbocycles. The summed E-state index contributed by atoms with van der Waals surface area (Å²) in [7, 11) is 0. The monoisotopic (exact) mass is 358 g/mol. The Balaban J connectivity index is 1.76. The molecule has 138 valence electrons. The molecule has 6 nitrogen and oxygen atoms in total. The maximum atomic E-state index is 13.0. The summed E-state index contributed by atoms with van der Waals surface area (Å²) in [6, 6.07) is 7.49. The Labute approximate surface area is 152 Å². The Bertz CT molecular complexity index is 802. The van der Waals surface area contributed by atoms with Gasteiger partial charge in [0.15, 0.2) is 0 Å². The van der Waals surface area contributed by atoms with Gasteiger partial charge in [-0.05, 0) is 51.5 Å². The van der Waals surface area contributed by atoms with E-state index in [-0.39, 0.29) is 17.6 Å². The first kappa shape index (κ1) is 18.3. The van der Waals surface area contributed by atoms with Crippen LogP contribution in [-0.4, -0.2) is 39.4 Å². The third kappa shape index (κ3) is 4.16. The molecular weight excluding hydrogens is 335 g/mol. The van der Waals surface area contributed by atoms with Gasteiger partial charge in [0.05, 0.1) is 5.54 Å². The van der Waals surface area contributed by atoms with E-state index < -0.39 is 5.54 Å². The molecule has 0 radical (unpaired) electrons. The second-order valence-electron chi connectivity index (χ2n) is 7.22. The number of aromatic nitrogens is 2. The molecule has 2 N–H and O–H groups in total. The first-order valence-electron chi connectivity index (χ1n) is 8.59. The average molecular weight is 358 g/mol. The molecule has 7 heteroatoms. The summed E-state index contributed by atoms with van der Waals surface area (Å²) in [5, 5.41) is 0. The molecule has 1 saturated heterocycles. The fourth-order valence-electron chi connectivity index (χ4n) is 2.98. The number of carbonyl (C=O) groups excluding carboxylic acids is 1. The van der Waals surface area contributed by atoms with Gasteiger partial charge in [0.25, 0.3) is 0 Å². The molecule has 0 bridgehead atoms. The van der Waals surface area contributed by atoms with Gasteiger partial charge >= 0.3 is 0 Å². The van der Waals surface area contributed by atoms with Crippen molar-refractivity contribution in [3.63, 3.8) is 0 Å². The lowest BCUT2D eigenvalue weighted by Gasteiger charge is -2.25. The number of ether oxygens (including phenoxy) is 1. The Morgan fingerprint density at radius 3 is 2.65 bits per heavy atom. The summed E-state index contributed by atoms with van der Waals surface area (Å²) < 4.78 is 18.7. The van der Waals surface area contributed by atoms with Crippen molar-refractivity contribution >= 4 is 5.91 Å². The molecule has 0 spiro atoms. The molecule has 1 amide bonds. The summed E-state index contributed by atoms with van der Waals surface area (Å²) in [6.45, 7) is 6.46. The molecule has 1 aliphatic heterocycles. The van der Waals surface area contributed by atoms with E-state index in [1.54, 1.807) is 36.9 Å². The number of carbonyl (C=O) groups is 1. The maximum Gasteiger partial charge on any atom is 0.242 e. The summed E-state index contributed by atoms with van der Waals surface area (Å²) in [5.74, 6) is 1.20. The lowest BCUT2D eigenvalue weighted by molar-refractivity contribution is -0.134. The van der Waals surface area contributed by atoms with E-state index in [1.165, 1.54) is 12.1 Å². The highest BCUT2D eigenvalue weighted by Crippen LogP contribution is 2.28. The van der Waals surface area contributed by atoms with E-state index in [4.69, 9.17) is 10.5 Å². The average Bonchev–Trinajstić information content (AvgIpc) is 3.05. The lowest BCUT2D eigenvalue weighted by Crippen LogP contribution is -2.50. The van der Waals surface area contributed by atoms with E-state index >= 15 is 0 Å². The smallest absolute Gasteiger partial charge is 0.242 e. The number of rotatable bonds is 4. The van der Waals surface area contributed by atoms with E-state index in [9.17, 15) is 9.18 Å². The molecule has 1 fully saturated rings. The van der Waals surface area contributed by atoms with Crippen molar-refractivity contribution in [1.29, 1.82) is 0 Å². The van der Waals surface area contributed by atoms with Crippen LogP contribution in [0, 0.1) is 12.7 Å². The largest absolute Gasteiger partial charge is 0.439 e. The van der Waals surface area contributed by atoms with Gasteiger partial charge in [-0.2, -0.15) is 4.98 Å². The number of nitrogens with two attached hydrogens (primary N) is 1. The minimum atomic E-state index is -0.890. The van der Waals surface area contributed by atoms with Gasteiger partial charge in [0.1, 0.15) is 17.4 Å². The first-order valence-corrected chi connectivity index (χ1v) is 8.59. The van der Waals surface area contributed by atoms with E-state index in [0.29, 0.717) is 30.5 Å². The molecule has 1 atom stereocenters. The van der Waals surface area contributed by atoms with Crippen molar-refractivity contribution in [3.8, 4) is 11.6 Å². The Morgan fingerprint density at radius 2 is 2.00 bits per heavy atom. The molecule has 1 aromatic carbocycles. The third-order valence-corrected chi connectivity index (χ3v) is 4.28. The predicted molar refractivity (Wildman–Crippen MR) is 95.4 cm³/mol. The second-order valence-corrected chi connectivity index (χ2v) is 7.22. The van der Waals surface area contributed by atoms with Crippen LogP contribution >= 0.6 is 0 Å². The van der Waals surface area contributed by atoms with Crippen LogP contribution in [0.15, 0.2) is 30.3 Å². The fraction of sp³-hybridized carbons (Fsp3) is 0.421. The lowest BCUT2D eigenvalue weighted by atomic mass is 10.1. The number of halogens is 1. The van der Waals surface area contributed by atoms with E-state index in [0.717, 1.165) is 12.1 Å². The highest BCUT2D eigenvalue weighted by molar-refractivity contribution is 5.85. The van der Waals surface area contributed by atoms with E-state index in [1.807, 2.05) is 6.92 Å². The van der Waals surface area contributed by atoms with Crippen LogP contribution in [0.3, 0.4) is 0 Å². The number of hydrogen-bond acceptors (Lipinski definition) is 5. The number of likely N-dealkylation sites (tertiary alicyclic amines) is 1. The number of benzene rings is 1. The van der Waals surface area contributed by atoms with E-state index in [2.05, 4.69) is 9.97 Å². The zero-order valence-corrected chi connectivity index (χ0v) is 15.2. The molecular formula is C19H23FN4O2. The molecule has 1 aromatic heterocycles. The van der Waals surface area contributed by atoms with Crippen LogP contribution in [0.1, 0.15) is 37.7 Å². The van der Waals surface area contributed by atoms with Crippen molar-refractivity contribution in [1.82, 2.24) is 14.9 Å². The summed E-state index contributed by atoms with van der Waals surface area (Å²) in [4.78, 5) is 23.1. The van der Waals surface area contributed by atoms with Gasteiger partial charge in [-0.15, -0.1) is 0 Å². The van der Waals surface area contributed by atoms with Crippen LogP contribution < -0.4 is 10.5 Å². The Morgan fingerprint density at radius 1 is 1.31 bits per heavy atom. The third-order valence-electron chi connectivity index (χ3n) is 4.28. The number of amides is 1. The Hall–Kier alpha value is -2.54. The van der Waals surface area contributed by atoms with Gasteiger partial charge in [0, 0.05) is 30.8 Å². The maximum absolute atomic E-state index is 13.0. The zero-order chi connectivity index (χ0) is 18.9. The normalized spacial score (nSPS) is 17.4. The molecule has 2 aromatic rings. The standard InChI is InChI=1S/C19H23FN4O2/c1-12-10-16(26-15-6-4-14(20)5-7-15)23-17(22-12)13-8-9-24(11-13)18(25)19(2,3)21/h4-7,10,13H,8-9,11,21H2,1-3H3/t13-/m0/s1. The first-order chi connectivity index (χ1) is 12.2. The SMILES string of the molecule is Cc1cc(Oc2ccc(F)cc2)nc([C@H]2CCN(C(=O)C(C)(C)N)C2)n1. The van der Waals surface area contributed by atoms with Crippen LogP contribution in [-0.2, 0) is 4.79 Å². The molecule has 1 aliphatic rings. The second kappa shape index (κ2) is 6.99. The quantitative estimate of drug-likeness (QED) is 0.909. The topological polar surface area (TPSA) is 81.3 Å². The number of aryl methyl sites for hydroxylation is 1. The van der Waals surface area contributed by atoms with Crippen LogP contribution in [0.4, 0.5) is 4.39 Å². The van der Waals surface area contributed by atoms with Crippen LogP contribution in [0.5, 0.6) is 11.6 Å². The van der Waals surface area contributed by atoms with Crippen molar-refractivity contribution in [3.05, 3.63) is 47.7 Å². The number of hydrogen-bond donors (Lipinski definition) is 1. The minimum Gasteiger partial charge on any atom is -0.439 e. The molecule has 26 heavy (non-hydrogen) atoms. The van der Waals surface area contributed by atoms with Gasteiger partial charge in [-0.25, -0.2) is 9.37 Å². The summed E-state index contributed by atoms with van der Waals surface area (Å²) in [5.41, 5.74) is 5.80. The minimum absolute atomic E-state index is 0.0387. The van der Waals surface area contributed by atoms with Gasteiger partial charge < -0.3 is 15.4 Å². The molecule has 0 unspecified atom stereocenters. The highest BCUT2D eigenvalue weighted by Gasteiger charge is 2.35. The fourth-order valence-corrected chi connectivity index (χ4v) is 2.98. The Kier molecular flexibility index (Phi) is 4.91. The summed E-state index contributed by atoms with van der Waals surface area (Å²) in [6.07, 6.45) is 0.779. The van der Waals surface area contributed by atoms with Crippen LogP contribution in [0.25, 0.3) is 0 Å². The van der Waals surface area contributed by atoms with Gasteiger partial charge in [0.2, 0.25) is 11.8 Å². The van der Waals surface area contributed by atoms with Crippen LogP contribution in [0.2, 0.25) is 0 Å². The van der Waals surface area contributed by atoms with Crippen molar-refractivity contribution < 1.29 is 13.9 Å². The molecule has 0 aliphatic carbocycles. The predicted octanol–water partition coefficient (Wildman–Crippen LogP) is 2.77. The van der Waals surface area contributed by atoms with Crippen molar-refractivity contribution in [2.24, 2.45) is 5.73 Å². The highest BCUT2D eigenvalue weighted by atomic mass is 19.1. The zero-order valence-electron chi connectivity index (χ0n) is 15.2. The van der Waals surface area contributed by atoms with Crippen molar-refractivity contribution in [2.75, 3.05) is 13.1 Å². The molecule has 2 heterocycles. The van der Waals surface area contributed by atoms with Gasteiger partial charge in [-0.1, -0.05) is 0 Å². The van der Waals surface area contributed by atoms with Gasteiger partial charge in [-0.3, -0.25) is 4.79 Å². The molecule has 3 rings (SSSR count).